The third kappa shape index (κ3) is 8.51. The molecule has 41 heavy (non-hydrogen) atoms. The Labute approximate surface area is 255 Å². The second kappa shape index (κ2) is 15.5. The van der Waals surface area contributed by atoms with Gasteiger partial charge in [-0.05, 0) is 60.7 Å². The van der Waals surface area contributed by atoms with Crippen molar-refractivity contribution in [1.82, 2.24) is 0 Å². The lowest BCUT2D eigenvalue weighted by atomic mass is 10.1. The molecule has 0 bridgehead atoms. The van der Waals surface area contributed by atoms with Crippen molar-refractivity contribution < 1.29 is 18.9 Å². The highest BCUT2D eigenvalue weighted by atomic mass is 32.1. The first kappa shape index (κ1) is 30.5. The molecule has 0 aromatic heterocycles. The Bertz CT molecular complexity index is 1440. The Morgan fingerprint density at radius 1 is 0.732 bits per heavy atom. The zero-order chi connectivity index (χ0) is 29.0. The molecule has 0 spiro atoms. The van der Waals surface area contributed by atoms with Gasteiger partial charge in [0, 0.05) is 23.6 Å². The summed E-state index contributed by atoms with van der Waals surface area (Å²) in [7, 11) is 0. The molecule has 0 saturated heterocycles. The highest BCUT2D eigenvalue weighted by Gasteiger charge is 2.15. The van der Waals surface area contributed by atoms with Crippen molar-refractivity contribution in [3.63, 3.8) is 0 Å². The van der Waals surface area contributed by atoms with Gasteiger partial charge in [-0.15, -0.1) is 12.6 Å². The second-order valence-corrected chi connectivity index (χ2v) is 10.9. The first-order valence-corrected chi connectivity index (χ1v) is 15.0. The molecule has 0 unspecified atom stereocenters. The van der Waals surface area contributed by atoms with E-state index in [1.165, 1.54) is 0 Å². The SMILES string of the molecule is CCCc1c(OCCCOc2cc(OCc3ccccc3)c(C(=S)S)cc2CC)cccc1Oc1ccccc1C. The number of hydrogen-bond acceptors (Lipinski definition) is 5. The molecule has 4 aromatic rings. The molecule has 0 fully saturated rings. The lowest BCUT2D eigenvalue weighted by Gasteiger charge is -2.18. The maximum Gasteiger partial charge on any atom is 0.134 e. The fourth-order valence-electron chi connectivity index (χ4n) is 4.52. The maximum absolute atomic E-state index is 6.30. The van der Waals surface area contributed by atoms with E-state index < -0.39 is 0 Å². The molecule has 214 valence electrons. The Morgan fingerprint density at radius 3 is 2.12 bits per heavy atom. The Morgan fingerprint density at radius 2 is 1.41 bits per heavy atom. The summed E-state index contributed by atoms with van der Waals surface area (Å²) in [6, 6.07) is 28.1. The van der Waals surface area contributed by atoms with Gasteiger partial charge in [-0.25, -0.2) is 0 Å². The summed E-state index contributed by atoms with van der Waals surface area (Å²) in [6.07, 6.45) is 3.40. The maximum atomic E-state index is 6.30. The molecule has 0 aliphatic rings. The average molecular weight is 587 g/mol. The summed E-state index contributed by atoms with van der Waals surface area (Å²) >= 11 is 9.84. The van der Waals surface area contributed by atoms with Crippen molar-refractivity contribution in [2.75, 3.05) is 13.2 Å². The highest BCUT2D eigenvalue weighted by Crippen LogP contribution is 2.35. The van der Waals surface area contributed by atoms with Gasteiger partial charge in [0.05, 0.1) is 17.4 Å². The first-order chi connectivity index (χ1) is 20.0. The molecule has 4 rings (SSSR count). The van der Waals surface area contributed by atoms with Gasteiger partial charge < -0.3 is 18.9 Å². The predicted molar refractivity (Wildman–Crippen MR) is 175 cm³/mol. The molecule has 0 aliphatic heterocycles. The Hall–Kier alpha value is -3.48. The molecule has 0 atom stereocenters. The lowest BCUT2D eigenvalue weighted by Crippen LogP contribution is -2.08. The number of benzene rings is 4. The number of aryl methyl sites for hydroxylation is 2. The summed E-state index contributed by atoms with van der Waals surface area (Å²) in [5.41, 5.74) is 5.14. The molecule has 0 N–H and O–H groups in total. The van der Waals surface area contributed by atoms with Crippen LogP contribution in [0.5, 0.6) is 28.7 Å². The van der Waals surface area contributed by atoms with Gasteiger partial charge >= 0.3 is 0 Å². The fraction of sp³-hybridized carbons (Fsp3) is 0.286. The van der Waals surface area contributed by atoms with Crippen LogP contribution < -0.4 is 18.9 Å². The van der Waals surface area contributed by atoms with Crippen molar-refractivity contribution in [2.24, 2.45) is 0 Å². The summed E-state index contributed by atoms with van der Waals surface area (Å²) in [4.78, 5) is 0. The number of rotatable bonds is 15. The highest BCUT2D eigenvalue weighted by molar-refractivity contribution is 8.11. The van der Waals surface area contributed by atoms with Gasteiger partial charge in [0.1, 0.15) is 35.4 Å². The second-order valence-electron chi connectivity index (χ2n) is 9.79. The molecular weight excluding hydrogens is 549 g/mol. The van der Waals surface area contributed by atoms with E-state index in [0.717, 1.165) is 76.5 Å². The normalized spacial score (nSPS) is 10.7. The van der Waals surface area contributed by atoms with Gasteiger partial charge in [-0.3, -0.25) is 0 Å². The van der Waals surface area contributed by atoms with Gasteiger partial charge in [0.2, 0.25) is 0 Å². The van der Waals surface area contributed by atoms with Crippen LogP contribution in [-0.4, -0.2) is 17.4 Å². The molecular formula is C35H38O4S2. The number of hydrogen-bond donors (Lipinski definition) is 1. The number of para-hydroxylation sites is 1. The van der Waals surface area contributed by atoms with E-state index in [1.54, 1.807) is 0 Å². The van der Waals surface area contributed by atoms with Crippen LogP contribution >= 0.6 is 24.8 Å². The first-order valence-electron chi connectivity index (χ1n) is 14.2. The van der Waals surface area contributed by atoms with Crippen LogP contribution in [0, 0.1) is 6.92 Å². The van der Waals surface area contributed by atoms with E-state index in [4.69, 9.17) is 31.2 Å². The van der Waals surface area contributed by atoms with Gasteiger partial charge in [0.25, 0.3) is 0 Å². The van der Waals surface area contributed by atoms with Crippen molar-refractivity contribution in [2.45, 2.75) is 53.1 Å². The minimum Gasteiger partial charge on any atom is -0.493 e. The quantitative estimate of drug-likeness (QED) is 0.0853. The molecule has 0 saturated carbocycles. The van der Waals surface area contributed by atoms with Gasteiger partial charge in [-0.2, -0.15) is 0 Å². The lowest BCUT2D eigenvalue weighted by molar-refractivity contribution is 0.242. The van der Waals surface area contributed by atoms with Crippen LogP contribution in [-0.2, 0) is 19.4 Å². The third-order valence-electron chi connectivity index (χ3n) is 6.72. The summed E-state index contributed by atoms with van der Waals surface area (Å²) < 4.78 is 25.4. The van der Waals surface area contributed by atoms with E-state index in [0.29, 0.717) is 29.8 Å². The van der Waals surface area contributed by atoms with Crippen LogP contribution in [0.2, 0.25) is 0 Å². The zero-order valence-corrected chi connectivity index (χ0v) is 25.7. The van der Waals surface area contributed by atoms with Crippen molar-refractivity contribution in [3.8, 4) is 28.7 Å². The molecule has 0 heterocycles. The third-order valence-corrected chi connectivity index (χ3v) is 7.18. The standard InChI is InChI=1S/C35H38O4S2/c1-4-13-28-31(18-11-19-32(28)39-30-17-10-9-14-25(30)3)36-20-12-21-37-33-23-34(29(35(40)41)22-27(33)5-2)38-24-26-15-7-6-8-16-26/h6-11,14-19,22-23H,4-5,12-13,20-21,24H2,1-3H3,(H,40,41). The van der Waals surface area contributed by atoms with E-state index in [1.807, 2.05) is 78.9 Å². The molecule has 0 aliphatic carbocycles. The van der Waals surface area contributed by atoms with Crippen molar-refractivity contribution >= 4 is 29.0 Å². The van der Waals surface area contributed by atoms with Crippen LogP contribution in [0.4, 0.5) is 0 Å². The van der Waals surface area contributed by atoms with Crippen LogP contribution in [0.3, 0.4) is 0 Å². The number of ether oxygens (including phenoxy) is 4. The summed E-state index contributed by atoms with van der Waals surface area (Å²) in [6.45, 7) is 7.80. The predicted octanol–water partition coefficient (Wildman–Crippen LogP) is 9.33. The van der Waals surface area contributed by atoms with E-state index in [2.05, 4.69) is 39.5 Å². The largest absolute Gasteiger partial charge is 0.493 e. The molecule has 6 heteroatoms. The van der Waals surface area contributed by atoms with E-state index >= 15 is 0 Å². The zero-order valence-electron chi connectivity index (χ0n) is 24.0. The van der Waals surface area contributed by atoms with Gasteiger partial charge in [0.15, 0.2) is 0 Å². The van der Waals surface area contributed by atoms with Crippen molar-refractivity contribution in [1.29, 1.82) is 0 Å². The molecule has 4 nitrogen and oxygen atoms in total. The monoisotopic (exact) mass is 586 g/mol. The molecule has 0 radical (unpaired) electrons. The minimum atomic E-state index is 0.440. The van der Waals surface area contributed by atoms with Crippen molar-refractivity contribution in [3.05, 3.63) is 113 Å². The topological polar surface area (TPSA) is 36.9 Å². The average Bonchev–Trinajstić information content (AvgIpc) is 2.98. The van der Waals surface area contributed by atoms with E-state index in [-0.39, 0.29) is 0 Å². The fourth-order valence-corrected chi connectivity index (χ4v) is 4.86. The molecule has 0 amide bonds. The summed E-state index contributed by atoms with van der Waals surface area (Å²) in [5.74, 6) is 4.03. The molecule has 4 aromatic carbocycles. The minimum absolute atomic E-state index is 0.440. The Kier molecular flexibility index (Phi) is 11.5. The van der Waals surface area contributed by atoms with Crippen LogP contribution in [0.25, 0.3) is 0 Å². The Balaban J connectivity index is 1.39. The number of thiocarbonyl (C=S) groups is 1. The smallest absolute Gasteiger partial charge is 0.134 e. The van der Waals surface area contributed by atoms with Crippen LogP contribution in [0.15, 0.2) is 84.9 Å². The van der Waals surface area contributed by atoms with E-state index in [9.17, 15) is 0 Å². The number of thiol groups is 1. The van der Waals surface area contributed by atoms with Gasteiger partial charge in [-0.1, -0.05) is 87.1 Å². The summed E-state index contributed by atoms with van der Waals surface area (Å²) in [5, 5.41) is 0. The van der Waals surface area contributed by atoms with Crippen LogP contribution in [0.1, 0.15) is 54.5 Å².